The number of nitrogens with zero attached hydrogens (tertiary/aromatic N) is 2. The molecule has 0 radical (unpaired) electrons. The quantitative estimate of drug-likeness (QED) is 0.749. The van der Waals surface area contributed by atoms with Crippen molar-refractivity contribution in [3.05, 3.63) is 12.4 Å². The first-order valence-electron chi connectivity index (χ1n) is 5.08. The van der Waals surface area contributed by atoms with Gasteiger partial charge in [-0.15, -0.1) is 0 Å². The van der Waals surface area contributed by atoms with Gasteiger partial charge in [-0.3, -0.25) is 0 Å². The van der Waals surface area contributed by atoms with E-state index in [-0.39, 0.29) is 5.54 Å². The van der Waals surface area contributed by atoms with Gasteiger partial charge in [-0.2, -0.15) is 0 Å². The molecular formula is C10H20N4. The minimum Gasteiger partial charge on any atom is -0.351 e. The van der Waals surface area contributed by atoms with Crippen LogP contribution in [0, 0.1) is 0 Å². The first kappa shape index (κ1) is 11.0. The number of hydrogen-bond donors (Lipinski definition) is 2. The van der Waals surface area contributed by atoms with Crippen molar-refractivity contribution in [1.29, 1.82) is 0 Å². The van der Waals surface area contributed by atoms with Gasteiger partial charge in [0.2, 0.25) is 5.95 Å². The fourth-order valence-electron chi connectivity index (χ4n) is 1.41. The van der Waals surface area contributed by atoms with E-state index in [1.807, 2.05) is 12.4 Å². The number of nitrogens with one attached hydrogen (secondary N) is 1. The molecule has 0 saturated carbocycles. The van der Waals surface area contributed by atoms with E-state index in [0.717, 1.165) is 18.9 Å². The molecule has 0 aromatic carbocycles. The van der Waals surface area contributed by atoms with Crippen LogP contribution in [-0.4, -0.2) is 21.6 Å². The van der Waals surface area contributed by atoms with Gasteiger partial charge in [0.15, 0.2) is 0 Å². The number of nitrogens with two attached hydrogens (primary N) is 1. The van der Waals surface area contributed by atoms with Crippen LogP contribution in [0.5, 0.6) is 0 Å². The number of aromatic nitrogens is 2. The summed E-state index contributed by atoms with van der Waals surface area (Å²) in [4.78, 5) is 4.27. The summed E-state index contributed by atoms with van der Waals surface area (Å²) in [7, 11) is 0. The molecule has 0 spiro atoms. The molecule has 3 N–H and O–H groups in total. The second-order valence-corrected chi connectivity index (χ2v) is 4.08. The van der Waals surface area contributed by atoms with Crippen LogP contribution in [0.25, 0.3) is 0 Å². The van der Waals surface area contributed by atoms with Crippen molar-refractivity contribution >= 4 is 5.95 Å². The summed E-state index contributed by atoms with van der Waals surface area (Å²) in [6.45, 7) is 7.99. The fourth-order valence-corrected chi connectivity index (χ4v) is 1.41. The molecule has 0 aliphatic heterocycles. The zero-order valence-corrected chi connectivity index (χ0v) is 9.25. The number of hydrogen-bond acceptors (Lipinski definition) is 3. The second kappa shape index (κ2) is 4.46. The number of aryl methyl sites for hydroxylation is 1. The molecule has 0 atom stereocenters. The van der Waals surface area contributed by atoms with Gasteiger partial charge in [-0.05, 0) is 33.7 Å². The third kappa shape index (κ3) is 2.73. The molecular weight excluding hydrogens is 176 g/mol. The van der Waals surface area contributed by atoms with Crippen LogP contribution in [-0.2, 0) is 6.54 Å². The Labute approximate surface area is 85.5 Å². The Hall–Kier alpha value is -1.03. The maximum atomic E-state index is 5.55. The van der Waals surface area contributed by atoms with Crippen LogP contribution in [0.15, 0.2) is 12.4 Å². The third-order valence-corrected chi connectivity index (χ3v) is 2.28. The molecule has 1 aromatic rings. The van der Waals surface area contributed by atoms with E-state index >= 15 is 0 Å². The predicted molar refractivity (Wildman–Crippen MR) is 59.3 cm³/mol. The van der Waals surface area contributed by atoms with E-state index in [4.69, 9.17) is 5.73 Å². The minimum atomic E-state index is 0.00697. The zero-order valence-electron chi connectivity index (χ0n) is 9.25. The second-order valence-electron chi connectivity index (χ2n) is 4.08. The Morgan fingerprint density at radius 1 is 1.57 bits per heavy atom. The average molecular weight is 196 g/mol. The van der Waals surface area contributed by atoms with E-state index in [0.29, 0.717) is 6.54 Å². The van der Waals surface area contributed by atoms with Gasteiger partial charge in [0.1, 0.15) is 0 Å². The van der Waals surface area contributed by atoms with E-state index in [1.165, 1.54) is 0 Å². The molecule has 1 heterocycles. The monoisotopic (exact) mass is 196 g/mol. The third-order valence-electron chi connectivity index (χ3n) is 2.28. The SMILES string of the molecule is CCn1ccnc1NC(C)(C)CCN. The van der Waals surface area contributed by atoms with Crippen molar-refractivity contribution in [3.63, 3.8) is 0 Å². The first-order chi connectivity index (χ1) is 6.59. The highest BCUT2D eigenvalue weighted by Gasteiger charge is 2.17. The van der Waals surface area contributed by atoms with Crippen LogP contribution in [0.4, 0.5) is 5.95 Å². The molecule has 1 rings (SSSR count). The summed E-state index contributed by atoms with van der Waals surface area (Å²) in [6.07, 6.45) is 4.72. The fraction of sp³-hybridized carbons (Fsp3) is 0.700. The minimum absolute atomic E-state index is 0.00697. The lowest BCUT2D eigenvalue weighted by Gasteiger charge is -2.26. The van der Waals surface area contributed by atoms with Gasteiger partial charge < -0.3 is 15.6 Å². The van der Waals surface area contributed by atoms with Gasteiger partial charge in [0.05, 0.1) is 0 Å². The van der Waals surface area contributed by atoms with Crippen molar-refractivity contribution in [3.8, 4) is 0 Å². The average Bonchev–Trinajstić information content (AvgIpc) is 2.50. The van der Waals surface area contributed by atoms with Gasteiger partial charge in [-0.1, -0.05) is 0 Å². The Balaban J connectivity index is 2.67. The maximum Gasteiger partial charge on any atom is 0.203 e. The Morgan fingerprint density at radius 3 is 2.86 bits per heavy atom. The van der Waals surface area contributed by atoms with E-state index in [9.17, 15) is 0 Å². The van der Waals surface area contributed by atoms with Crippen LogP contribution >= 0.6 is 0 Å². The summed E-state index contributed by atoms with van der Waals surface area (Å²) in [5, 5.41) is 3.39. The van der Waals surface area contributed by atoms with Crippen molar-refractivity contribution in [1.82, 2.24) is 9.55 Å². The molecule has 14 heavy (non-hydrogen) atoms. The molecule has 0 fully saturated rings. The van der Waals surface area contributed by atoms with Crippen LogP contribution in [0.1, 0.15) is 27.2 Å². The summed E-state index contributed by atoms with van der Waals surface area (Å²) >= 11 is 0. The molecule has 0 amide bonds. The van der Waals surface area contributed by atoms with E-state index in [2.05, 4.69) is 35.6 Å². The van der Waals surface area contributed by atoms with Crippen LogP contribution < -0.4 is 11.1 Å². The van der Waals surface area contributed by atoms with Gasteiger partial charge >= 0.3 is 0 Å². The van der Waals surface area contributed by atoms with E-state index < -0.39 is 0 Å². The predicted octanol–water partition coefficient (Wildman–Crippen LogP) is 1.44. The van der Waals surface area contributed by atoms with Crippen LogP contribution in [0.2, 0.25) is 0 Å². The summed E-state index contributed by atoms with van der Waals surface area (Å²) < 4.78 is 2.08. The van der Waals surface area contributed by atoms with Crippen molar-refractivity contribution in [2.75, 3.05) is 11.9 Å². The number of anilines is 1. The highest BCUT2D eigenvalue weighted by atomic mass is 15.2. The van der Waals surface area contributed by atoms with Crippen molar-refractivity contribution in [2.24, 2.45) is 5.73 Å². The van der Waals surface area contributed by atoms with Gasteiger partial charge in [-0.25, -0.2) is 4.98 Å². The molecule has 4 nitrogen and oxygen atoms in total. The highest BCUT2D eigenvalue weighted by molar-refractivity contribution is 5.29. The molecule has 0 bridgehead atoms. The molecule has 4 heteroatoms. The summed E-state index contributed by atoms with van der Waals surface area (Å²) in [5.41, 5.74) is 5.55. The lowest BCUT2D eigenvalue weighted by molar-refractivity contribution is 0.517. The Kier molecular flexibility index (Phi) is 3.52. The topological polar surface area (TPSA) is 55.9 Å². The first-order valence-corrected chi connectivity index (χ1v) is 5.08. The number of rotatable bonds is 5. The normalized spacial score (nSPS) is 11.7. The van der Waals surface area contributed by atoms with Crippen LogP contribution in [0.3, 0.4) is 0 Å². The van der Waals surface area contributed by atoms with Gasteiger partial charge in [0.25, 0.3) is 0 Å². The molecule has 0 aliphatic carbocycles. The Morgan fingerprint density at radius 2 is 2.29 bits per heavy atom. The molecule has 1 aromatic heterocycles. The van der Waals surface area contributed by atoms with E-state index in [1.54, 1.807) is 0 Å². The molecule has 0 aliphatic rings. The maximum absolute atomic E-state index is 5.55. The highest BCUT2D eigenvalue weighted by Crippen LogP contribution is 2.15. The zero-order chi connectivity index (χ0) is 10.6. The number of imidazole rings is 1. The standard InChI is InChI=1S/C10H20N4/c1-4-14-8-7-12-9(14)13-10(2,3)5-6-11/h7-8H,4-6,11H2,1-3H3,(H,12,13). The van der Waals surface area contributed by atoms with Gasteiger partial charge in [0, 0.05) is 24.5 Å². The van der Waals surface area contributed by atoms with Crippen molar-refractivity contribution < 1.29 is 0 Å². The molecule has 0 unspecified atom stereocenters. The molecule has 80 valence electrons. The largest absolute Gasteiger partial charge is 0.351 e. The summed E-state index contributed by atoms with van der Waals surface area (Å²) in [5.74, 6) is 0.922. The lowest BCUT2D eigenvalue weighted by Crippen LogP contribution is -2.34. The molecule has 0 saturated heterocycles. The summed E-state index contributed by atoms with van der Waals surface area (Å²) in [6, 6.07) is 0. The lowest BCUT2D eigenvalue weighted by atomic mass is 10.0. The van der Waals surface area contributed by atoms with Crippen molar-refractivity contribution in [2.45, 2.75) is 39.3 Å². The Bertz CT molecular complexity index is 277. The smallest absolute Gasteiger partial charge is 0.203 e.